The number of aryl methyl sites for hydroxylation is 1. The van der Waals surface area contributed by atoms with Gasteiger partial charge in [0.2, 0.25) is 5.91 Å². The van der Waals surface area contributed by atoms with Gasteiger partial charge in [0.15, 0.2) is 5.82 Å². The SMILES string of the molecule is O=C(Nc1ccc(F)c(-c2nnc3n2CCCCC3)c1)C1CCNCC1. The van der Waals surface area contributed by atoms with Gasteiger partial charge in [-0.25, -0.2) is 4.39 Å². The zero-order valence-corrected chi connectivity index (χ0v) is 14.8. The zero-order chi connectivity index (χ0) is 17.9. The van der Waals surface area contributed by atoms with E-state index < -0.39 is 0 Å². The molecule has 6 nitrogen and oxygen atoms in total. The fourth-order valence-electron chi connectivity index (χ4n) is 3.79. The van der Waals surface area contributed by atoms with E-state index in [1.807, 2.05) is 4.57 Å². The van der Waals surface area contributed by atoms with Crippen molar-refractivity contribution < 1.29 is 9.18 Å². The molecule has 3 heterocycles. The molecule has 1 aromatic carbocycles. The summed E-state index contributed by atoms with van der Waals surface area (Å²) < 4.78 is 16.5. The lowest BCUT2D eigenvalue weighted by Gasteiger charge is -2.22. The Morgan fingerprint density at radius 1 is 1.19 bits per heavy atom. The molecule has 2 aliphatic heterocycles. The van der Waals surface area contributed by atoms with E-state index in [9.17, 15) is 9.18 Å². The summed E-state index contributed by atoms with van der Waals surface area (Å²) in [6.07, 6.45) is 5.83. The molecule has 0 bridgehead atoms. The standard InChI is InChI=1S/C19H24FN5O/c20-16-6-5-14(22-19(26)13-7-9-21-10-8-13)12-15(16)18-24-23-17-4-2-1-3-11-25(17)18/h5-6,12-13,21H,1-4,7-11H2,(H,22,26). The number of benzene rings is 1. The monoisotopic (exact) mass is 357 g/mol. The highest BCUT2D eigenvalue weighted by atomic mass is 19.1. The number of anilines is 1. The minimum atomic E-state index is -0.343. The lowest BCUT2D eigenvalue weighted by Crippen LogP contribution is -2.34. The third-order valence-electron chi connectivity index (χ3n) is 5.29. The normalized spacial score (nSPS) is 18.2. The zero-order valence-electron chi connectivity index (χ0n) is 14.8. The number of hydrogen-bond donors (Lipinski definition) is 2. The number of carbonyl (C=O) groups is 1. The van der Waals surface area contributed by atoms with Gasteiger partial charge in [-0.15, -0.1) is 10.2 Å². The number of fused-ring (bicyclic) bond motifs is 1. The van der Waals surface area contributed by atoms with Gasteiger partial charge >= 0.3 is 0 Å². The van der Waals surface area contributed by atoms with Crippen molar-refractivity contribution in [3.8, 4) is 11.4 Å². The van der Waals surface area contributed by atoms with E-state index in [2.05, 4.69) is 20.8 Å². The van der Waals surface area contributed by atoms with E-state index in [-0.39, 0.29) is 17.6 Å². The first-order valence-corrected chi connectivity index (χ1v) is 9.46. The van der Waals surface area contributed by atoms with Crippen molar-refractivity contribution in [1.82, 2.24) is 20.1 Å². The summed E-state index contributed by atoms with van der Waals surface area (Å²) in [5.41, 5.74) is 1.00. The van der Waals surface area contributed by atoms with E-state index in [0.29, 0.717) is 17.1 Å². The van der Waals surface area contributed by atoms with Crippen LogP contribution in [0, 0.1) is 11.7 Å². The van der Waals surface area contributed by atoms with Crippen LogP contribution >= 0.6 is 0 Å². The maximum Gasteiger partial charge on any atom is 0.227 e. The van der Waals surface area contributed by atoms with Crippen molar-refractivity contribution in [2.75, 3.05) is 18.4 Å². The molecule has 1 saturated heterocycles. The molecule has 0 aliphatic carbocycles. The van der Waals surface area contributed by atoms with Gasteiger partial charge < -0.3 is 15.2 Å². The van der Waals surface area contributed by atoms with Crippen molar-refractivity contribution in [2.24, 2.45) is 5.92 Å². The minimum Gasteiger partial charge on any atom is -0.326 e. The molecule has 2 aliphatic rings. The van der Waals surface area contributed by atoms with Gasteiger partial charge in [0.25, 0.3) is 0 Å². The van der Waals surface area contributed by atoms with E-state index >= 15 is 0 Å². The number of rotatable bonds is 3. The fourth-order valence-corrected chi connectivity index (χ4v) is 3.79. The number of amides is 1. The van der Waals surface area contributed by atoms with Gasteiger partial charge in [-0.3, -0.25) is 4.79 Å². The number of halogens is 1. The highest BCUT2D eigenvalue weighted by Gasteiger charge is 2.22. The van der Waals surface area contributed by atoms with Crippen LogP contribution in [-0.4, -0.2) is 33.8 Å². The molecule has 1 fully saturated rings. The Bertz CT molecular complexity index is 797. The first kappa shape index (κ1) is 17.1. The molecule has 1 amide bonds. The van der Waals surface area contributed by atoms with E-state index in [1.54, 1.807) is 12.1 Å². The summed E-state index contributed by atoms with van der Waals surface area (Å²) in [6, 6.07) is 4.68. The van der Waals surface area contributed by atoms with Crippen LogP contribution in [-0.2, 0) is 17.8 Å². The Labute approximate surface area is 152 Å². The number of hydrogen-bond acceptors (Lipinski definition) is 4. The molecule has 2 aromatic rings. The summed E-state index contributed by atoms with van der Waals surface area (Å²) in [5.74, 6) is 1.14. The average Bonchev–Trinajstić information content (AvgIpc) is 2.92. The second-order valence-corrected chi connectivity index (χ2v) is 7.11. The third kappa shape index (κ3) is 3.49. The van der Waals surface area contributed by atoms with E-state index in [4.69, 9.17) is 0 Å². The predicted molar refractivity (Wildman–Crippen MR) is 97.2 cm³/mol. The van der Waals surface area contributed by atoms with Crippen molar-refractivity contribution >= 4 is 11.6 Å². The molecule has 0 atom stereocenters. The van der Waals surface area contributed by atoms with E-state index in [0.717, 1.165) is 64.0 Å². The number of piperidine rings is 1. The molecular weight excluding hydrogens is 333 g/mol. The Morgan fingerprint density at radius 2 is 2.04 bits per heavy atom. The summed E-state index contributed by atoms with van der Waals surface area (Å²) in [7, 11) is 0. The van der Waals surface area contributed by atoms with Crippen LogP contribution in [0.1, 0.15) is 37.9 Å². The average molecular weight is 357 g/mol. The summed E-state index contributed by atoms with van der Waals surface area (Å²) in [4.78, 5) is 12.5. The Hall–Kier alpha value is -2.28. The first-order valence-electron chi connectivity index (χ1n) is 9.46. The van der Waals surface area contributed by atoms with Gasteiger partial charge in [0.05, 0.1) is 5.56 Å². The number of nitrogens with one attached hydrogen (secondary N) is 2. The van der Waals surface area contributed by atoms with E-state index in [1.165, 1.54) is 6.07 Å². The second-order valence-electron chi connectivity index (χ2n) is 7.11. The van der Waals surface area contributed by atoms with Crippen LogP contribution in [0.25, 0.3) is 11.4 Å². The minimum absolute atomic E-state index is 0.00382. The molecule has 4 rings (SSSR count). The van der Waals surface area contributed by atoms with Crippen molar-refractivity contribution in [1.29, 1.82) is 0 Å². The van der Waals surface area contributed by atoms with Crippen LogP contribution in [0.5, 0.6) is 0 Å². The number of nitrogens with zero attached hydrogens (tertiary/aromatic N) is 3. The molecule has 0 saturated carbocycles. The quantitative estimate of drug-likeness (QED) is 0.886. The molecule has 7 heteroatoms. The summed E-state index contributed by atoms with van der Waals surface area (Å²) in [5, 5.41) is 14.7. The van der Waals surface area contributed by atoms with Crippen molar-refractivity contribution in [2.45, 2.75) is 45.1 Å². The lowest BCUT2D eigenvalue weighted by atomic mass is 9.97. The predicted octanol–water partition coefficient (Wildman–Crippen LogP) is 2.75. The van der Waals surface area contributed by atoms with Gasteiger partial charge in [-0.2, -0.15) is 0 Å². The summed E-state index contributed by atoms with van der Waals surface area (Å²) in [6.45, 7) is 2.53. The largest absolute Gasteiger partial charge is 0.326 e. The summed E-state index contributed by atoms with van der Waals surface area (Å²) >= 11 is 0. The highest BCUT2D eigenvalue weighted by molar-refractivity contribution is 5.93. The van der Waals surface area contributed by atoms with Crippen LogP contribution in [0.2, 0.25) is 0 Å². The van der Waals surface area contributed by atoms with Gasteiger partial charge in [0.1, 0.15) is 11.6 Å². The fraction of sp³-hybridized carbons (Fsp3) is 0.526. The Morgan fingerprint density at radius 3 is 2.88 bits per heavy atom. The number of carbonyl (C=O) groups excluding carboxylic acids is 1. The van der Waals surface area contributed by atoms with Crippen LogP contribution in [0.4, 0.5) is 10.1 Å². The third-order valence-corrected chi connectivity index (χ3v) is 5.29. The first-order chi connectivity index (χ1) is 12.7. The Kier molecular flexibility index (Phi) is 4.97. The van der Waals surface area contributed by atoms with Crippen LogP contribution in [0.15, 0.2) is 18.2 Å². The van der Waals surface area contributed by atoms with Crippen molar-refractivity contribution in [3.63, 3.8) is 0 Å². The van der Waals surface area contributed by atoms with Gasteiger partial charge in [-0.05, 0) is 57.0 Å². The van der Waals surface area contributed by atoms with Gasteiger partial charge in [0, 0.05) is 24.6 Å². The second kappa shape index (κ2) is 7.53. The highest BCUT2D eigenvalue weighted by Crippen LogP contribution is 2.28. The lowest BCUT2D eigenvalue weighted by molar-refractivity contribution is -0.120. The molecule has 0 unspecified atom stereocenters. The topological polar surface area (TPSA) is 71.8 Å². The molecule has 26 heavy (non-hydrogen) atoms. The van der Waals surface area contributed by atoms with Crippen LogP contribution in [0.3, 0.4) is 0 Å². The molecule has 1 aromatic heterocycles. The molecular formula is C19H24FN5O. The smallest absolute Gasteiger partial charge is 0.227 e. The maximum absolute atomic E-state index is 14.5. The molecule has 0 radical (unpaired) electrons. The van der Waals surface area contributed by atoms with Crippen LogP contribution < -0.4 is 10.6 Å². The molecule has 0 spiro atoms. The molecule has 2 N–H and O–H groups in total. The maximum atomic E-state index is 14.5. The molecule has 138 valence electrons. The van der Waals surface area contributed by atoms with Crippen molar-refractivity contribution in [3.05, 3.63) is 29.8 Å². The van der Waals surface area contributed by atoms with Gasteiger partial charge in [-0.1, -0.05) is 6.42 Å². The Balaban J connectivity index is 1.59. The number of aromatic nitrogens is 3.